The maximum Gasteiger partial charge on any atom is 0.239 e. The number of aliphatic hydroxyl groups excluding tert-OH is 1. The van der Waals surface area contributed by atoms with Crippen molar-refractivity contribution in [3.05, 3.63) is 30.3 Å². The van der Waals surface area contributed by atoms with Gasteiger partial charge in [-0.25, -0.2) is 0 Å². The summed E-state index contributed by atoms with van der Waals surface area (Å²) in [6, 6.07) is 10.2. The first kappa shape index (κ1) is 15.3. The van der Waals surface area contributed by atoms with Gasteiger partial charge in [-0.05, 0) is 50.2 Å². The molecule has 2 aliphatic rings. The number of benzene rings is 1. The molecule has 0 radical (unpaired) electrons. The summed E-state index contributed by atoms with van der Waals surface area (Å²) in [5.41, 5.74) is 1.08. The number of carbonyl (C=O) groups excluding carboxylic acids is 1. The monoisotopic (exact) mass is 302 g/mol. The molecule has 0 saturated heterocycles. The number of amides is 1. The van der Waals surface area contributed by atoms with Crippen molar-refractivity contribution in [3.63, 3.8) is 0 Å². The van der Waals surface area contributed by atoms with Gasteiger partial charge in [0.1, 0.15) is 0 Å². The van der Waals surface area contributed by atoms with E-state index in [4.69, 9.17) is 0 Å². The van der Waals surface area contributed by atoms with Gasteiger partial charge in [-0.3, -0.25) is 4.79 Å². The van der Waals surface area contributed by atoms with E-state index in [0.29, 0.717) is 18.4 Å². The van der Waals surface area contributed by atoms with Crippen LogP contribution in [0.5, 0.6) is 0 Å². The van der Waals surface area contributed by atoms with Gasteiger partial charge in [-0.15, -0.1) is 0 Å². The van der Waals surface area contributed by atoms with Crippen LogP contribution in [-0.2, 0) is 4.79 Å². The number of hydrogen-bond donors (Lipinski definition) is 2. The highest BCUT2D eigenvalue weighted by molar-refractivity contribution is 5.81. The third kappa shape index (κ3) is 2.98. The SMILES string of the molecule is CCN(CC(=O)NC1C2CCC(C2)C1CO)c1ccccc1. The number of likely N-dealkylation sites (N-methyl/N-ethyl adjacent to an activating group) is 1. The lowest BCUT2D eigenvalue weighted by Gasteiger charge is -2.31. The molecule has 2 fully saturated rings. The van der Waals surface area contributed by atoms with Crippen molar-refractivity contribution >= 4 is 11.6 Å². The first-order chi connectivity index (χ1) is 10.7. The van der Waals surface area contributed by atoms with Crippen molar-refractivity contribution < 1.29 is 9.90 Å². The van der Waals surface area contributed by atoms with Crippen LogP contribution in [-0.4, -0.2) is 36.8 Å². The van der Waals surface area contributed by atoms with E-state index in [2.05, 4.69) is 17.1 Å². The Morgan fingerprint density at radius 1 is 1.27 bits per heavy atom. The van der Waals surface area contributed by atoms with Gasteiger partial charge >= 0.3 is 0 Å². The Balaban J connectivity index is 1.60. The molecule has 0 aromatic heterocycles. The Morgan fingerprint density at radius 2 is 2.00 bits per heavy atom. The number of aliphatic hydroxyl groups is 1. The number of anilines is 1. The molecule has 4 unspecified atom stereocenters. The lowest BCUT2D eigenvalue weighted by atomic mass is 9.85. The molecule has 4 atom stereocenters. The molecule has 22 heavy (non-hydrogen) atoms. The molecule has 1 amide bonds. The van der Waals surface area contributed by atoms with Crippen LogP contribution in [0.25, 0.3) is 0 Å². The Bertz CT molecular complexity index is 505. The second-order valence-corrected chi connectivity index (χ2v) is 6.62. The van der Waals surface area contributed by atoms with E-state index in [0.717, 1.165) is 12.2 Å². The molecular formula is C18H26N2O2. The molecule has 3 rings (SSSR count). The second-order valence-electron chi connectivity index (χ2n) is 6.62. The molecule has 4 nitrogen and oxygen atoms in total. The summed E-state index contributed by atoms with van der Waals surface area (Å²) in [5.74, 6) is 1.51. The van der Waals surface area contributed by atoms with Crippen molar-refractivity contribution in [1.29, 1.82) is 0 Å². The third-order valence-corrected chi connectivity index (χ3v) is 5.46. The molecule has 120 valence electrons. The average molecular weight is 302 g/mol. The van der Waals surface area contributed by atoms with E-state index in [-0.39, 0.29) is 24.5 Å². The summed E-state index contributed by atoms with van der Waals surface area (Å²) in [6.07, 6.45) is 3.59. The summed E-state index contributed by atoms with van der Waals surface area (Å²) in [5, 5.41) is 12.8. The lowest BCUT2D eigenvalue weighted by Crippen LogP contribution is -2.48. The lowest BCUT2D eigenvalue weighted by molar-refractivity contribution is -0.121. The van der Waals surface area contributed by atoms with Crippen LogP contribution in [0.2, 0.25) is 0 Å². The summed E-state index contributed by atoms with van der Waals surface area (Å²) >= 11 is 0. The molecular weight excluding hydrogens is 276 g/mol. The Kier molecular flexibility index (Phi) is 4.67. The first-order valence-electron chi connectivity index (χ1n) is 8.43. The standard InChI is InChI=1S/C18H26N2O2/c1-2-20(15-6-4-3-5-7-15)11-17(22)19-18-14-9-8-13(10-14)16(18)12-21/h3-7,13-14,16,18,21H,2,8-12H2,1H3,(H,19,22). The van der Waals surface area contributed by atoms with Crippen LogP contribution in [0.4, 0.5) is 5.69 Å². The van der Waals surface area contributed by atoms with Gasteiger partial charge in [-0.2, -0.15) is 0 Å². The molecule has 2 aliphatic carbocycles. The minimum atomic E-state index is 0.0710. The molecule has 2 N–H and O–H groups in total. The van der Waals surface area contributed by atoms with Crippen molar-refractivity contribution in [3.8, 4) is 0 Å². The molecule has 0 heterocycles. The molecule has 2 bridgehead atoms. The normalized spacial score (nSPS) is 29.5. The van der Waals surface area contributed by atoms with E-state index in [1.165, 1.54) is 19.3 Å². The Morgan fingerprint density at radius 3 is 2.68 bits per heavy atom. The number of para-hydroxylation sites is 1. The number of nitrogens with zero attached hydrogens (tertiary/aromatic N) is 1. The van der Waals surface area contributed by atoms with Crippen LogP contribution in [0.15, 0.2) is 30.3 Å². The van der Waals surface area contributed by atoms with Crippen molar-refractivity contribution in [2.45, 2.75) is 32.2 Å². The fraction of sp³-hybridized carbons (Fsp3) is 0.611. The predicted octanol–water partition coefficient (Wildman–Crippen LogP) is 2.04. The number of hydrogen-bond acceptors (Lipinski definition) is 3. The van der Waals surface area contributed by atoms with Crippen molar-refractivity contribution in [2.24, 2.45) is 17.8 Å². The van der Waals surface area contributed by atoms with Crippen LogP contribution < -0.4 is 10.2 Å². The highest BCUT2D eigenvalue weighted by atomic mass is 16.3. The van der Waals surface area contributed by atoms with E-state index in [9.17, 15) is 9.90 Å². The van der Waals surface area contributed by atoms with Gasteiger partial charge in [-0.1, -0.05) is 18.2 Å². The minimum Gasteiger partial charge on any atom is -0.396 e. The van der Waals surface area contributed by atoms with E-state index >= 15 is 0 Å². The van der Waals surface area contributed by atoms with Gasteiger partial charge in [0.15, 0.2) is 0 Å². The van der Waals surface area contributed by atoms with Crippen LogP contribution in [0.1, 0.15) is 26.2 Å². The summed E-state index contributed by atoms with van der Waals surface area (Å²) in [7, 11) is 0. The van der Waals surface area contributed by atoms with E-state index in [1.807, 2.05) is 30.3 Å². The fourth-order valence-electron chi connectivity index (χ4n) is 4.33. The Labute approximate surface area is 132 Å². The summed E-state index contributed by atoms with van der Waals surface area (Å²) in [6.45, 7) is 3.45. The van der Waals surface area contributed by atoms with Gasteiger partial charge in [0.05, 0.1) is 6.54 Å². The van der Waals surface area contributed by atoms with Crippen LogP contribution in [0, 0.1) is 17.8 Å². The zero-order valence-corrected chi connectivity index (χ0v) is 13.2. The largest absolute Gasteiger partial charge is 0.396 e. The maximum absolute atomic E-state index is 12.4. The average Bonchev–Trinajstić information content (AvgIpc) is 3.14. The Hall–Kier alpha value is -1.55. The number of carbonyl (C=O) groups is 1. The van der Waals surface area contributed by atoms with E-state index in [1.54, 1.807) is 0 Å². The molecule has 1 aromatic rings. The smallest absolute Gasteiger partial charge is 0.239 e. The third-order valence-electron chi connectivity index (χ3n) is 5.46. The van der Waals surface area contributed by atoms with Crippen LogP contribution >= 0.6 is 0 Å². The van der Waals surface area contributed by atoms with Gasteiger partial charge < -0.3 is 15.3 Å². The van der Waals surface area contributed by atoms with Crippen molar-refractivity contribution in [2.75, 3.05) is 24.6 Å². The number of fused-ring (bicyclic) bond motifs is 2. The molecule has 2 saturated carbocycles. The molecule has 4 heteroatoms. The van der Waals surface area contributed by atoms with Crippen molar-refractivity contribution in [1.82, 2.24) is 5.32 Å². The minimum absolute atomic E-state index is 0.0710. The van der Waals surface area contributed by atoms with Gasteiger partial charge in [0.2, 0.25) is 5.91 Å². The van der Waals surface area contributed by atoms with E-state index < -0.39 is 0 Å². The second kappa shape index (κ2) is 6.69. The zero-order valence-electron chi connectivity index (χ0n) is 13.2. The summed E-state index contributed by atoms with van der Waals surface area (Å²) < 4.78 is 0. The van der Waals surface area contributed by atoms with Gasteiger partial charge in [0, 0.05) is 30.8 Å². The first-order valence-corrected chi connectivity index (χ1v) is 8.43. The number of rotatable bonds is 6. The topological polar surface area (TPSA) is 52.6 Å². The highest BCUT2D eigenvalue weighted by Gasteiger charge is 2.47. The molecule has 0 aliphatic heterocycles. The number of nitrogens with one attached hydrogen (secondary N) is 1. The quantitative estimate of drug-likeness (QED) is 0.845. The van der Waals surface area contributed by atoms with Gasteiger partial charge in [0.25, 0.3) is 0 Å². The zero-order chi connectivity index (χ0) is 15.5. The fourth-order valence-corrected chi connectivity index (χ4v) is 4.33. The highest BCUT2D eigenvalue weighted by Crippen LogP contribution is 2.48. The van der Waals surface area contributed by atoms with Crippen LogP contribution in [0.3, 0.4) is 0 Å². The molecule has 1 aromatic carbocycles. The predicted molar refractivity (Wildman–Crippen MR) is 87.7 cm³/mol. The molecule has 0 spiro atoms. The summed E-state index contributed by atoms with van der Waals surface area (Å²) in [4.78, 5) is 14.5. The maximum atomic E-state index is 12.4.